The smallest absolute Gasteiger partial charge is 0.384 e. The van der Waals surface area contributed by atoms with E-state index in [1.165, 1.54) is 6.07 Å². The summed E-state index contributed by atoms with van der Waals surface area (Å²) in [5.74, 6) is 0. The van der Waals surface area contributed by atoms with Crippen LogP contribution in [0.3, 0.4) is 0 Å². The van der Waals surface area contributed by atoms with E-state index in [-0.39, 0.29) is 6.04 Å². The van der Waals surface area contributed by atoms with Crippen molar-refractivity contribution in [3.8, 4) is 0 Å². The second kappa shape index (κ2) is 6.43. The maximum atomic E-state index is 12.4. The largest absolute Gasteiger partial charge is 0.416 e. The molecule has 0 bridgehead atoms. The van der Waals surface area contributed by atoms with Crippen molar-refractivity contribution in [3.63, 3.8) is 0 Å². The van der Waals surface area contributed by atoms with Crippen molar-refractivity contribution in [1.29, 1.82) is 0 Å². The first-order valence-corrected chi connectivity index (χ1v) is 6.50. The Balaban J connectivity index is 2.63. The van der Waals surface area contributed by atoms with Gasteiger partial charge in [-0.3, -0.25) is 0 Å². The van der Waals surface area contributed by atoms with Crippen molar-refractivity contribution < 1.29 is 13.2 Å². The summed E-state index contributed by atoms with van der Waals surface area (Å²) in [6.07, 6.45) is -2.65. The molecule has 0 amide bonds. The normalized spacial score (nSPS) is 13.4. The molecule has 102 valence electrons. The van der Waals surface area contributed by atoms with Crippen LogP contribution in [0.15, 0.2) is 22.7 Å². The van der Waals surface area contributed by atoms with E-state index in [2.05, 4.69) is 21.2 Å². The number of benzene rings is 1. The highest BCUT2D eigenvalue weighted by atomic mass is 79.9. The molecule has 1 aromatic carbocycles. The van der Waals surface area contributed by atoms with Gasteiger partial charge in [-0.25, -0.2) is 0 Å². The van der Waals surface area contributed by atoms with Crippen LogP contribution in [0, 0.1) is 0 Å². The maximum absolute atomic E-state index is 12.4. The Morgan fingerprint density at radius 1 is 1.39 bits per heavy atom. The number of hydrogen-bond donors (Lipinski definition) is 2. The standard InChI is InChI=1S/C12H16BrF3N2/c1-2-9(17)5-6-18-11-4-3-8(7-10(11)13)12(14,15)16/h3-4,7,9,18H,2,5-6,17H2,1H3. The van der Waals surface area contributed by atoms with Crippen LogP contribution in [0.2, 0.25) is 0 Å². The van der Waals surface area contributed by atoms with Gasteiger partial charge in [-0.05, 0) is 47.0 Å². The van der Waals surface area contributed by atoms with E-state index in [0.717, 1.165) is 25.0 Å². The summed E-state index contributed by atoms with van der Waals surface area (Å²) in [4.78, 5) is 0. The van der Waals surface area contributed by atoms with E-state index in [1.807, 2.05) is 6.92 Å². The second-order valence-corrected chi connectivity index (χ2v) is 4.93. The third kappa shape index (κ3) is 4.49. The summed E-state index contributed by atoms with van der Waals surface area (Å²) in [7, 11) is 0. The van der Waals surface area contributed by atoms with Crippen LogP contribution >= 0.6 is 15.9 Å². The Morgan fingerprint density at radius 2 is 2.06 bits per heavy atom. The van der Waals surface area contributed by atoms with Gasteiger partial charge in [-0.1, -0.05) is 6.92 Å². The second-order valence-electron chi connectivity index (χ2n) is 4.08. The highest BCUT2D eigenvalue weighted by Crippen LogP contribution is 2.33. The molecule has 0 spiro atoms. The Hall–Kier alpha value is -0.750. The Morgan fingerprint density at radius 3 is 2.56 bits per heavy atom. The number of nitrogens with one attached hydrogen (secondary N) is 1. The highest BCUT2D eigenvalue weighted by molar-refractivity contribution is 9.10. The summed E-state index contributed by atoms with van der Waals surface area (Å²) in [6, 6.07) is 3.67. The van der Waals surface area contributed by atoms with Crippen LogP contribution in [-0.4, -0.2) is 12.6 Å². The van der Waals surface area contributed by atoms with Crippen LogP contribution in [0.5, 0.6) is 0 Å². The molecule has 2 nitrogen and oxygen atoms in total. The molecule has 0 aliphatic heterocycles. The highest BCUT2D eigenvalue weighted by Gasteiger charge is 2.30. The van der Waals surface area contributed by atoms with E-state index in [1.54, 1.807) is 0 Å². The van der Waals surface area contributed by atoms with Gasteiger partial charge in [-0.2, -0.15) is 13.2 Å². The van der Waals surface area contributed by atoms with Gasteiger partial charge in [0, 0.05) is 22.7 Å². The van der Waals surface area contributed by atoms with Crippen molar-refractivity contribution >= 4 is 21.6 Å². The summed E-state index contributed by atoms with van der Waals surface area (Å²) in [5, 5.41) is 3.06. The molecular weight excluding hydrogens is 309 g/mol. The summed E-state index contributed by atoms with van der Waals surface area (Å²) >= 11 is 3.13. The average Bonchev–Trinajstić information content (AvgIpc) is 2.29. The molecule has 1 aromatic rings. The number of nitrogens with two attached hydrogens (primary N) is 1. The maximum Gasteiger partial charge on any atom is 0.416 e. The first-order valence-electron chi connectivity index (χ1n) is 5.70. The Kier molecular flexibility index (Phi) is 5.47. The molecule has 1 atom stereocenters. The Bertz CT molecular complexity index is 393. The molecule has 18 heavy (non-hydrogen) atoms. The zero-order valence-corrected chi connectivity index (χ0v) is 11.6. The molecule has 0 aliphatic carbocycles. The SMILES string of the molecule is CCC(N)CCNc1ccc(C(F)(F)F)cc1Br. The van der Waals surface area contributed by atoms with Crippen molar-refractivity contribution in [1.82, 2.24) is 0 Å². The van der Waals surface area contributed by atoms with Crippen LogP contribution in [0.4, 0.5) is 18.9 Å². The lowest BCUT2D eigenvalue weighted by atomic mass is 10.1. The van der Waals surface area contributed by atoms with Crippen LogP contribution < -0.4 is 11.1 Å². The van der Waals surface area contributed by atoms with E-state index in [9.17, 15) is 13.2 Å². The van der Waals surface area contributed by atoms with Crippen molar-refractivity contribution in [2.75, 3.05) is 11.9 Å². The average molecular weight is 325 g/mol. The fourth-order valence-electron chi connectivity index (χ4n) is 1.43. The van der Waals surface area contributed by atoms with Crippen molar-refractivity contribution in [2.45, 2.75) is 32.0 Å². The molecule has 1 rings (SSSR count). The minimum absolute atomic E-state index is 0.116. The minimum Gasteiger partial charge on any atom is -0.384 e. The number of anilines is 1. The number of hydrogen-bond acceptors (Lipinski definition) is 2. The van der Waals surface area contributed by atoms with Gasteiger partial charge in [0.2, 0.25) is 0 Å². The fourth-order valence-corrected chi connectivity index (χ4v) is 1.95. The lowest BCUT2D eigenvalue weighted by Gasteiger charge is -2.13. The zero-order chi connectivity index (χ0) is 13.8. The van der Waals surface area contributed by atoms with E-state index >= 15 is 0 Å². The summed E-state index contributed by atoms with van der Waals surface area (Å²) in [6.45, 7) is 2.64. The molecule has 1 unspecified atom stereocenters. The molecule has 0 aliphatic rings. The van der Waals surface area contributed by atoms with Gasteiger partial charge in [0.1, 0.15) is 0 Å². The van der Waals surface area contributed by atoms with Gasteiger partial charge >= 0.3 is 6.18 Å². The van der Waals surface area contributed by atoms with E-state index in [4.69, 9.17) is 5.73 Å². The monoisotopic (exact) mass is 324 g/mol. The number of rotatable bonds is 5. The van der Waals surface area contributed by atoms with Gasteiger partial charge in [0.25, 0.3) is 0 Å². The predicted molar refractivity (Wildman–Crippen MR) is 70.5 cm³/mol. The van der Waals surface area contributed by atoms with E-state index < -0.39 is 11.7 Å². The van der Waals surface area contributed by atoms with Gasteiger partial charge < -0.3 is 11.1 Å². The fraction of sp³-hybridized carbons (Fsp3) is 0.500. The topological polar surface area (TPSA) is 38.0 Å². The molecule has 0 radical (unpaired) electrons. The molecule has 6 heteroatoms. The molecule has 0 heterocycles. The third-order valence-electron chi connectivity index (χ3n) is 2.65. The van der Waals surface area contributed by atoms with Gasteiger partial charge in [-0.15, -0.1) is 0 Å². The predicted octanol–water partition coefficient (Wildman–Crippen LogP) is 4.01. The molecule has 0 aromatic heterocycles. The van der Waals surface area contributed by atoms with Gasteiger partial charge in [0.15, 0.2) is 0 Å². The molecule has 0 fully saturated rings. The minimum atomic E-state index is -4.31. The van der Waals surface area contributed by atoms with Gasteiger partial charge in [0.05, 0.1) is 5.56 Å². The summed E-state index contributed by atoms with van der Waals surface area (Å²) < 4.78 is 37.7. The zero-order valence-electron chi connectivity index (χ0n) is 10.0. The number of alkyl halides is 3. The first-order chi connectivity index (χ1) is 8.34. The third-order valence-corrected chi connectivity index (χ3v) is 3.31. The molecule has 3 N–H and O–H groups in total. The van der Waals surface area contributed by atoms with Crippen molar-refractivity contribution in [3.05, 3.63) is 28.2 Å². The lowest BCUT2D eigenvalue weighted by molar-refractivity contribution is -0.137. The quantitative estimate of drug-likeness (QED) is 0.858. The van der Waals surface area contributed by atoms with Crippen molar-refractivity contribution in [2.24, 2.45) is 5.73 Å². The molecule has 0 saturated carbocycles. The number of halogens is 4. The molecular formula is C12H16BrF3N2. The van der Waals surface area contributed by atoms with Crippen LogP contribution in [0.25, 0.3) is 0 Å². The Labute approximate surface area is 113 Å². The first kappa shape index (κ1) is 15.3. The van der Waals surface area contributed by atoms with E-state index in [0.29, 0.717) is 16.7 Å². The van der Waals surface area contributed by atoms with Crippen LogP contribution in [-0.2, 0) is 6.18 Å². The lowest BCUT2D eigenvalue weighted by Crippen LogP contribution is -2.22. The van der Waals surface area contributed by atoms with Crippen LogP contribution in [0.1, 0.15) is 25.3 Å². The molecule has 0 saturated heterocycles. The summed E-state index contributed by atoms with van der Waals surface area (Å²) in [5.41, 5.74) is 5.74.